The van der Waals surface area contributed by atoms with Gasteiger partial charge in [-0.15, -0.1) is 6.42 Å². The molecule has 0 aliphatic carbocycles. The summed E-state index contributed by atoms with van der Waals surface area (Å²) in [6.45, 7) is 2.75. The Morgan fingerprint density at radius 2 is 2.12 bits per heavy atom. The molecule has 0 saturated heterocycles. The number of hydrogen-bond donors (Lipinski definition) is 2. The lowest BCUT2D eigenvalue weighted by Gasteiger charge is -2.29. The lowest BCUT2D eigenvalue weighted by molar-refractivity contribution is -0.133. The van der Waals surface area contributed by atoms with E-state index in [1.165, 1.54) is 25.8 Å². The topological polar surface area (TPSA) is 75.4 Å². The maximum atomic E-state index is 13.7. The van der Waals surface area contributed by atoms with E-state index in [0.29, 0.717) is 0 Å². The zero-order valence-corrected chi connectivity index (χ0v) is 14.8. The Morgan fingerprint density at radius 3 is 2.72 bits per heavy atom. The van der Waals surface area contributed by atoms with Crippen LogP contribution in [0, 0.1) is 12.3 Å². The number of nitrogens with one attached hydrogen (secondary N) is 1. The van der Waals surface area contributed by atoms with Gasteiger partial charge in [0.1, 0.15) is 5.67 Å². The van der Waals surface area contributed by atoms with Crippen LogP contribution in [0.1, 0.15) is 38.2 Å². The van der Waals surface area contributed by atoms with Crippen molar-refractivity contribution in [3.63, 3.8) is 0 Å². The summed E-state index contributed by atoms with van der Waals surface area (Å²) in [5, 5.41) is 2.81. The molecule has 2 rings (SSSR count). The molecule has 0 radical (unpaired) electrons. The summed E-state index contributed by atoms with van der Waals surface area (Å²) in [6, 6.07) is 5.80. The monoisotopic (exact) mass is 345 g/mol. The highest BCUT2D eigenvalue weighted by Crippen LogP contribution is 2.35. The van der Waals surface area contributed by atoms with Gasteiger partial charge in [0.2, 0.25) is 11.8 Å². The van der Waals surface area contributed by atoms with Gasteiger partial charge in [-0.1, -0.05) is 24.1 Å². The fourth-order valence-corrected chi connectivity index (χ4v) is 3.10. The van der Waals surface area contributed by atoms with E-state index in [1.54, 1.807) is 0 Å². The van der Waals surface area contributed by atoms with E-state index >= 15 is 0 Å². The Morgan fingerprint density at radius 1 is 1.48 bits per heavy atom. The van der Waals surface area contributed by atoms with Gasteiger partial charge in [0.05, 0.1) is 18.0 Å². The number of terminal acetylenes is 1. The number of anilines is 1. The molecule has 5 nitrogen and oxygen atoms in total. The quantitative estimate of drug-likeness (QED) is 0.775. The zero-order chi connectivity index (χ0) is 18.8. The van der Waals surface area contributed by atoms with Gasteiger partial charge in [0, 0.05) is 19.2 Å². The first-order chi connectivity index (χ1) is 11.6. The number of hydrogen-bond acceptors (Lipinski definition) is 3. The van der Waals surface area contributed by atoms with E-state index in [-0.39, 0.29) is 18.7 Å². The van der Waals surface area contributed by atoms with Crippen LogP contribution in [0.3, 0.4) is 0 Å². The Labute approximate surface area is 147 Å². The number of amides is 2. The first kappa shape index (κ1) is 18.9. The zero-order valence-electron chi connectivity index (χ0n) is 14.8. The van der Waals surface area contributed by atoms with E-state index < -0.39 is 29.6 Å². The molecule has 25 heavy (non-hydrogen) atoms. The first-order valence-electron chi connectivity index (χ1n) is 8.21. The van der Waals surface area contributed by atoms with E-state index in [0.717, 1.165) is 11.3 Å². The molecule has 0 fully saturated rings. The smallest absolute Gasteiger partial charge is 0.240 e. The Kier molecular flexibility index (Phi) is 5.48. The van der Waals surface area contributed by atoms with Gasteiger partial charge in [-0.05, 0) is 31.9 Å². The lowest BCUT2D eigenvalue weighted by Crippen LogP contribution is -2.48. The van der Waals surface area contributed by atoms with E-state index in [9.17, 15) is 14.0 Å². The van der Waals surface area contributed by atoms with Crippen molar-refractivity contribution < 1.29 is 14.0 Å². The molecule has 0 saturated carbocycles. The number of nitrogens with two attached hydrogens (primary N) is 1. The van der Waals surface area contributed by atoms with E-state index in [1.807, 2.05) is 24.3 Å². The minimum atomic E-state index is -1.55. The molecular weight excluding hydrogens is 321 g/mol. The van der Waals surface area contributed by atoms with Crippen molar-refractivity contribution in [2.75, 3.05) is 12.4 Å². The standard InChI is InChI=1S/C19H24FN3O2/c1-5-12(23(4)18(25)15(21)11-19(2,3)20)10-14-13-8-6-7-9-16(13)22-17(14)24/h1,6-9,12,14-15H,10-11,21H2,2-4H3,(H,22,24)/t12-,14-,15+/m1/s1. The maximum Gasteiger partial charge on any atom is 0.240 e. The minimum absolute atomic E-state index is 0.0970. The average molecular weight is 345 g/mol. The van der Waals surface area contributed by atoms with Crippen molar-refractivity contribution in [2.24, 2.45) is 5.73 Å². The summed E-state index contributed by atoms with van der Waals surface area (Å²) in [5.41, 5.74) is 5.91. The fourth-order valence-electron chi connectivity index (χ4n) is 3.10. The van der Waals surface area contributed by atoms with Crippen LogP contribution in [0.4, 0.5) is 10.1 Å². The van der Waals surface area contributed by atoms with Crippen LogP contribution in [0.5, 0.6) is 0 Å². The van der Waals surface area contributed by atoms with E-state index in [2.05, 4.69) is 11.2 Å². The highest BCUT2D eigenvalue weighted by molar-refractivity contribution is 6.02. The number of carbonyl (C=O) groups excluding carboxylic acids is 2. The highest BCUT2D eigenvalue weighted by atomic mass is 19.1. The van der Waals surface area contributed by atoms with E-state index in [4.69, 9.17) is 12.2 Å². The van der Waals surface area contributed by atoms with Crippen molar-refractivity contribution in [1.29, 1.82) is 0 Å². The van der Waals surface area contributed by atoms with Crippen LogP contribution >= 0.6 is 0 Å². The molecule has 0 aromatic heterocycles. The number of likely N-dealkylation sites (N-methyl/N-ethyl adjacent to an activating group) is 1. The normalized spacial score (nSPS) is 18.7. The van der Waals surface area contributed by atoms with Gasteiger partial charge in [-0.3, -0.25) is 9.59 Å². The second-order valence-corrected chi connectivity index (χ2v) is 7.03. The van der Waals surface area contributed by atoms with Crippen molar-refractivity contribution in [1.82, 2.24) is 4.90 Å². The van der Waals surface area contributed by atoms with Crippen molar-refractivity contribution >= 4 is 17.5 Å². The van der Waals surface area contributed by atoms with Crippen molar-refractivity contribution in [2.45, 2.75) is 50.4 Å². The predicted molar refractivity (Wildman–Crippen MR) is 95.6 cm³/mol. The second kappa shape index (κ2) is 7.24. The molecule has 1 aromatic rings. The van der Waals surface area contributed by atoms with Gasteiger partial charge in [-0.25, -0.2) is 4.39 Å². The van der Waals surface area contributed by atoms with Gasteiger partial charge in [0.25, 0.3) is 0 Å². The van der Waals surface area contributed by atoms with Crippen LogP contribution in [-0.4, -0.2) is 41.5 Å². The summed E-state index contributed by atoms with van der Waals surface area (Å²) >= 11 is 0. The molecule has 1 aliphatic heterocycles. The van der Waals surface area contributed by atoms with Crippen molar-refractivity contribution in [3.8, 4) is 12.3 Å². The number of rotatable bonds is 6. The molecule has 1 heterocycles. The van der Waals surface area contributed by atoms with Gasteiger partial charge in [-0.2, -0.15) is 0 Å². The summed E-state index contributed by atoms with van der Waals surface area (Å²) in [7, 11) is 1.54. The van der Waals surface area contributed by atoms with Crippen LogP contribution < -0.4 is 11.1 Å². The molecule has 6 heteroatoms. The van der Waals surface area contributed by atoms with Crippen LogP contribution in [0.15, 0.2) is 24.3 Å². The molecular formula is C19H24FN3O2. The second-order valence-electron chi connectivity index (χ2n) is 7.03. The molecule has 3 atom stereocenters. The summed E-state index contributed by atoms with van der Waals surface area (Å²) in [4.78, 5) is 26.0. The molecule has 3 N–H and O–H groups in total. The number of para-hydroxylation sites is 1. The highest BCUT2D eigenvalue weighted by Gasteiger charge is 2.35. The summed E-state index contributed by atoms with van der Waals surface area (Å²) < 4.78 is 13.7. The van der Waals surface area contributed by atoms with Crippen molar-refractivity contribution in [3.05, 3.63) is 29.8 Å². The van der Waals surface area contributed by atoms with Gasteiger partial charge < -0.3 is 16.0 Å². The lowest BCUT2D eigenvalue weighted by atomic mass is 9.92. The van der Waals surface area contributed by atoms with Gasteiger partial charge in [0.15, 0.2) is 0 Å². The first-order valence-corrected chi connectivity index (χ1v) is 8.21. The van der Waals surface area contributed by atoms with Crippen LogP contribution in [-0.2, 0) is 9.59 Å². The number of nitrogens with zero attached hydrogens (tertiary/aromatic N) is 1. The SMILES string of the molecule is C#C[C@H](C[C@H]1C(=O)Nc2ccccc21)N(C)C(=O)[C@@H](N)CC(C)(C)F. The maximum absolute atomic E-state index is 13.7. The van der Waals surface area contributed by atoms with Crippen LogP contribution in [0.25, 0.3) is 0 Å². The molecule has 134 valence electrons. The number of alkyl halides is 1. The average Bonchev–Trinajstić information content (AvgIpc) is 2.85. The third-order valence-electron chi connectivity index (χ3n) is 4.40. The molecule has 0 spiro atoms. The molecule has 2 amide bonds. The number of fused-ring (bicyclic) bond motifs is 1. The predicted octanol–water partition coefficient (Wildman–Crippen LogP) is 2.04. The Hall–Kier alpha value is -2.39. The molecule has 1 aliphatic rings. The largest absolute Gasteiger partial charge is 0.331 e. The third kappa shape index (κ3) is 4.37. The summed E-state index contributed by atoms with van der Waals surface area (Å²) in [5.74, 6) is 1.55. The van der Waals surface area contributed by atoms with Crippen LogP contribution in [0.2, 0.25) is 0 Å². The third-order valence-corrected chi connectivity index (χ3v) is 4.40. The van der Waals surface area contributed by atoms with Gasteiger partial charge >= 0.3 is 0 Å². The Bertz CT molecular complexity index is 705. The fraction of sp³-hybridized carbons (Fsp3) is 0.474. The number of halogens is 1. The molecule has 0 unspecified atom stereocenters. The molecule has 0 bridgehead atoms. The molecule has 1 aromatic carbocycles. The number of carbonyl (C=O) groups is 2. The summed E-state index contributed by atoms with van der Waals surface area (Å²) in [6.07, 6.45) is 5.78. The Balaban J connectivity index is 2.11. The number of benzene rings is 1. The minimum Gasteiger partial charge on any atom is -0.331 e.